The number of rotatable bonds is 2. The van der Waals surface area contributed by atoms with Crippen molar-refractivity contribution in [2.75, 3.05) is 0 Å². The van der Waals surface area contributed by atoms with Crippen LogP contribution in [-0.2, 0) is 20.6 Å². The molecule has 0 aliphatic heterocycles. The van der Waals surface area contributed by atoms with Crippen LogP contribution < -0.4 is 16.9 Å². The van der Waals surface area contributed by atoms with Gasteiger partial charge in [0.15, 0.2) is 5.52 Å². The lowest BCUT2D eigenvalue weighted by Gasteiger charge is -2.04. The van der Waals surface area contributed by atoms with E-state index in [9.17, 15) is 14.4 Å². The maximum Gasteiger partial charge on any atom is 0.332 e. The molecule has 2 aromatic heterocycles. The van der Waals surface area contributed by atoms with Crippen LogP contribution >= 0.6 is 0 Å². The second-order valence-corrected chi connectivity index (χ2v) is 3.73. The molecule has 0 atom stereocenters. The van der Waals surface area contributed by atoms with Gasteiger partial charge < -0.3 is 0 Å². The zero-order chi connectivity index (χ0) is 12.7. The Morgan fingerprint density at radius 1 is 1.24 bits per heavy atom. The average molecular weight is 236 g/mol. The molecule has 0 aliphatic carbocycles. The largest absolute Gasteiger partial charge is 0.332 e. The van der Waals surface area contributed by atoms with Crippen LogP contribution in [0.5, 0.6) is 0 Å². The second-order valence-electron chi connectivity index (χ2n) is 3.73. The molecule has 0 aromatic carbocycles. The van der Waals surface area contributed by atoms with Gasteiger partial charge in [0.05, 0.1) is 0 Å². The minimum absolute atomic E-state index is 0.180. The van der Waals surface area contributed by atoms with Gasteiger partial charge in [-0.2, -0.15) is 0 Å². The monoisotopic (exact) mass is 236 g/mol. The third-order valence-electron chi connectivity index (χ3n) is 2.69. The topological polar surface area (TPSA) is 81.8 Å². The Morgan fingerprint density at radius 2 is 1.88 bits per heavy atom. The normalized spacial score (nSPS) is 10.9. The highest BCUT2D eigenvalue weighted by Crippen LogP contribution is 2.01. The maximum atomic E-state index is 11.9. The lowest BCUT2D eigenvalue weighted by Crippen LogP contribution is -2.37. The number of nitrogens with one attached hydrogen (secondary N) is 1. The zero-order valence-electron chi connectivity index (χ0n) is 9.56. The maximum absolute atomic E-state index is 11.9. The summed E-state index contributed by atoms with van der Waals surface area (Å²) in [4.78, 5) is 37.8. The molecule has 7 nitrogen and oxygen atoms in total. The first-order valence-electron chi connectivity index (χ1n) is 4.98. The summed E-state index contributed by atoms with van der Waals surface area (Å²) in [7, 11) is 2.87. The van der Waals surface area contributed by atoms with E-state index < -0.39 is 16.9 Å². The summed E-state index contributed by atoms with van der Waals surface area (Å²) >= 11 is 0. The number of fused-ring (bicyclic) bond motifs is 1. The van der Waals surface area contributed by atoms with E-state index in [0.717, 1.165) is 4.57 Å². The molecular weight excluding hydrogens is 224 g/mol. The van der Waals surface area contributed by atoms with Gasteiger partial charge in [0.2, 0.25) is 0 Å². The highest BCUT2D eigenvalue weighted by atomic mass is 16.2. The van der Waals surface area contributed by atoms with Crippen molar-refractivity contribution < 1.29 is 0 Å². The predicted octanol–water partition coefficient (Wildman–Crippen LogP) is -1.09. The fourth-order valence-corrected chi connectivity index (χ4v) is 1.79. The van der Waals surface area contributed by atoms with Crippen molar-refractivity contribution in [2.45, 2.75) is 6.54 Å². The Balaban J connectivity index is 3.13. The predicted molar refractivity (Wildman–Crippen MR) is 63.2 cm³/mol. The fraction of sp³-hybridized carbons (Fsp3) is 0.300. The standard InChI is InChI=1S/C10H12N4O3/c1-4-5-14-6-7(11-9(14)16)12(2)10(17)13(3)8(6)15/h4H,1,5H2,2-3H3,(H,11,16). The Labute approximate surface area is 95.2 Å². The summed E-state index contributed by atoms with van der Waals surface area (Å²) < 4.78 is 3.46. The van der Waals surface area contributed by atoms with Crippen molar-refractivity contribution in [2.24, 2.45) is 14.1 Å². The van der Waals surface area contributed by atoms with Gasteiger partial charge in [0.25, 0.3) is 5.56 Å². The van der Waals surface area contributed by atoms with E-state index in [1.807, 2.05) is 0 Å². The first kappa shape index (κ1) is 11.2. The Morgan fingerprint density at radius 3 is 2.47 bits per heavy atom. The van der Waals surface area contributed by atoms with Crippen LogP contribution in [0.3, 0.4) is 0 Å². The number of nitrogens with zero attached hydrogens (tertiary/aromatic N) is 3. The van der Waals surface area contributed by atoms with E-state index in [1.165, 1.54) is 29.3 Å². The minimum atomic E-state index is -0.497. The number of aryl methyl sites for hydroxylation is 1. The molecular formula is C10H12N4O3. The third kappa shape index (κ3) is 1.39. The number of aromatic nitrogens is 4. The second kappa shape index (κ2) is 3.62. The molecule has 0 saturated heterocycles. The zero-order valence-corrected chi connectivity index (χ0v) is 9.56. The molecule has 90 valence electrons. The third-order valence-corrected chi connectivity index (χ3v) is 2.69. The average Bonchev–Trinajstić information content (AvgIpc) is 2.62. The lowest BCUT2D eigenvalue weighted by molar-refractivity contribution is 0.703. The van der Waals surface area contributed by atoms with Crippen molar-refractivity contribution in [1.82, 2.24) is 18.7 Å². The summed E-state index contributed by atoms with van der Waals surface area (Å²) in [6, 6.07) is 0. The number of aromatic amines is 1. The summed E-state index contributed by atoms with van der Waals surface area (Å²) in [5, 5.41) is 0. The Bertz CT molecular complexity index is 772. The first-order chi connectivity index (χ1) is 7.99. The smallest absolute Gasteiger partial charge is 0.291 e. The summed E-state index contributed by atoms with van der Waals surface area (Å²) in [5.41, 5.74) is -1.000. The molecule has 0 amide bonds. The van der Waals surface area contributed by atoms with Crippen LogP contribution in [0.15, 0.2) is 27.0 Å². The molecule has 1 N–H and O–H groups in total. The molecule has 2 aromatic rings. The van der Waals surface area contributed by atoms with Crippen molar-refractivity contribution >= 4 is 11.2 Å². The highest BCUT2D eigenvalue weighted by molar-refractivity contribution is 5.69. The molecule has 7 heteroatoms. The van der Waals surface area contributed by atoms with Crippen LogP contribution in [0, 0.1) is 0 Å². The van der Waals surface area contributed by atoms with Gasteiger partial charge in [-0.15, -0.1) is 6.58 Å². The Hall–Kier alpha value is -2.31. The molecule has 0 spiro atoms. The van der Waals surface area contributed by atoms with Crippen LogP contribution in [0.25, 0.3) is 11.2 Å². The van der Waals surface area contributed by atoms with Gasteiger partial charge in [0.1, 0.15) is 5.65 Å². The Kier molecular flexibility index (Phi) is 2.38. The van der Waals surface area contributed by atoms with E-state index in [0.29, 0.717) is 0 Å². The van der Waals surface area contributed by atoms with Crippen LogP contribution in [-0.4, -0.2) is 18.7 Å². The molecule has 2 heterocycles. The van der Waals surface area contributed by atoms with E-state index in [2.05, 4.69) is 11.6 Å². The number of imidazole rings is 1. The summed E-state index contributed by atoms with van der Waals surface area (Å²) in [6.07, 6.45) is 1.51. The van der Waals surface area contributed by atoms with E-state index in [-0.39, 0.29) is 17.7 Å². The molecule has 0 bridgehead atoms. The summed E-state index contributed by atoms with van der Waals surface area (Å²) in [6.45, 7) is 3.74. The van der Waals surface area contributed by atoms with Crippen molar-refractivity contribution in [3.05, 3.63) is 44.0 Å². The van der Waals surface area contributed by atoms with Gasteiger partial charge >= 0.3 is 11.4 Å². The molecule has 2 rings (SSSR count). The van der Waals surface area contributed by atoms with Crippen LogP contribution in [0.1, 0.15) is 0 Å². The summed E-state index contributed by atoms with van der Waals surface area (Å²) in [5.74, 6) is 0. The molecule has 17 heavy (non-hydrogen) atoms. The number of H-pyrrole nitrogens is 1. The van der Waals surface area contributed by atoms with E-state index in [1.54, 1.807) is 0 Å². The number of hydrogen-bond donors (Lipinski definition) is 1. The minimum Gasteiger partial charge on any atom is -0.291 e. The van der Waals surface area contributed by atoms with Crippen molar-refractivity contribution in [1.29, 1.82) is 0 Å². The van der Waals surface area contributed by atoms with Crippen molar-refractivity contribution in [3.63, 3.8) is 0 Å². The van der Waals surface area contributed by atoms with E-state index in [4.69, 9.17) is 0 Å². The van der Waals surface area contributed by atoms with Gasteiger partial charge in [-0.05, 0) is 0 Å². The molecule has 0 fully saturated rings. The van der Waals surface area contributed by atoms with E-state index >= 15 is 0 Å². The van der Waals surface area contributed by atoms with Crippen LogP contribution in [0.4, 0.5) is 0 Å². The molecule has 0 unspecified atom stereocenters. The molecule has 0 radical (unpaired) electrons. The van der Waals surface area contributed by atoms with Crippen LogP contribution in [0.2, 0.25) is 0 Å². The quantitative estimate of drug-likeness (QED) is 0.673. The highest BCUT2D eigenvalue weighted by Gasteiger charge is 2.15. The molecule has 0 aliphatic rings. The van der Waals surface area contributed by atoms with Gasteiger partial charge in [-0.25, -0.2) is 9.59 Å². The SMILES string of the molecule is C=CCn1c(=O)[nH]c2c1c(=O)n(C)c(=O)n2C. The first-order valence-corrected chi connectivity index (χ1v) is 4.98. The number of hydrogen-bond acceptors (Lipinski definition) is 3. The van der Waals surface area contributed by atoms with Gasteiger partial charge in [-0.3, -0.25) is 23.5 Å². The van der Waals surface area contributed by atoms with Gasteiger partial charge in [0, 0.05) is 20.6 Å². The van der Waals surface area contributed by atoms with Gasteiger partial charge in [-0.1, -0.05) is 6.08 Å². The lowest BCUT2D eigenvalue weighted by atomic mass is 10.5. The molecule has 0 saturated carbocycles. The van der Waals surface area contributed by atoms with Crippen molar-refractivity contribution in [3.8, 4) is 0 Å². The number of allylic oxidation sites excluding steroid dienone is 1. The fourth-order valence-electron chi connectivity index (χ4n) is 1.79.